The van der Waals surface area contributed by atoms with Crippen molar-refractivity contribution >= 4 is 27.5 Å². The van der Waals surface area contributed by atoms with E-state index in [0.29, 0.717) is 18.7 Å². The molecule has 1 heterocycles. The molecule has 3 rings (SSSR count). The summed E-state index contributed by atoms with van der Waals surface area (Å²) >= 11 is 6.04. The van der Waals surface area contributed by atoms with E-state index >= 15 is 0 Å². The number of hydrogen-bond acceptors (Lipinski definition) is 4. The van der Waals surface area contributed by atoms with Crippen LogP contribution in [0.1, 0.15) is 23.1 Å². The van der Waals surface area contributed by atoms with E-state index in [4.69, 9.17) is 11.6 Å². The predicted molar refractivity (Wildman–Crippen MR) is 119 cm³/mol. The van der Waals surface area contributed by atoms with Crippen molar-refractivity contribution in [2.24, 2.45) is 0 Å². The van der Waals surface area contributed by atoms with Gasteiger partial charge in [0.25, 0.3) is 0 Å². The van der Waals surface area contributed by atoms with Gasteiger partial charge < -0.3 is 4.90 Å². The highest BCUT2D eigenvalue weighted by Gasteiger charge is 2.22. The number of nitrogens with zero attached hydrogens (tertiary/aromatic N) is 2. The summed E-state index contributed by atoms with van der Waals surface area (Å²) < 4.78 is 27.6. The van der Waals surface area contributed by atoms with Gasteiger partial charge in [-0.2, -0.15) is 0 Å². The van der Waals surface area contributed by atoms with Crippen molar-refractivity contribution in [3.63, 3.8) is 0 Å². The number of piperazine rings is 1. The van der Waals surface area contributed by atoms with Gasteiger partial charge in [0.05, 0.1) is 4.90 Å². The van der Waals surface area contributed by atoms with Crippen molar-refractivity contribution in [3.05, 3.63) is 64.2 Å². The Balaban J connectivity index is 1.44. The van der Waals surface area contributed by atoms with Crippen molar-refractivity contribution in [2.75, 3.05) is 32.7 Å². The Bertz CT molecular complexity index is 1000. The second-order valence-corrected chi connectivity index (χ2v) is 9.88. The number of amides is 1. The van der Waals surface area contributed by atoms with Crippen molar-refractivity contribution < 1.29 is 13.2 Å². The maximum atomic E-state index is 12.5. The molecule has 1 aliphatic rings. The molecule has 8 heteroatoms. The van der Waals surface area contributed by atoms with Crippen molar-refractivity contribution in [1.29, 1.82) is 0 Å². The van der Waals surface area contributed by atoms with Gasteiger partial charge in [0.1, 0.15) is 0 Å². The van der Waals surface area contributed by atoms with Gasteiger partial charge in [-0.05, 0) is 43.2 Å². The minimum Gasteiger partial charge on any atom is -0.340 e. The van der Waals surface area contributed by atoms with Crippen LogP contribution in [0.3, 0.4) is 0 Å². The normalized spacial score (nSPS) is 15.4. The van der Waals surface area contributed by atoms with E-state index in [-0.39, 0.29) is 23.8 Å². The molecule has 1 fully saturated rings. The molecule has 1 amide bonds. The van der Waals surface area contributed by atoms with Crippen LogP contribution in [0.2, 0.25) is 5.02 Å². The van der Waals surface area contributed by atoms with Crippen LogP contribution in [0.15, 0.2) is 47.4 Å². The highest BCUT2D eigenvalue weighted by Crippen LogP contribution is 2.17. The second kappa shape index (κ2) is 9.92. The third kappa shape index (κ3) is 6.04. The number of carbonyl (C=O) groups is 1. The zero-order chi connectivity index (χ0) is 21.7. The summed E-state index contributed by atoms with van der Waals surface area (Å²) in [6.07, 6.45) is 0.151. The second-order valence-electron chi connectivity index (χ2n) is 7.70. The van der Waals surface area contributed by atoms with E-state index in [1.807, 2.05) is 37.3 Å². The van der Waals surface area contributed by atoms with Crippen LogP contribution in [-0.4, -0.2) is 56.8 Å². The largest absolute Gasteiger partial charge is 0.340 e. The van der Waals surface area contributed by atoms with E-state index in [9.17, 15) is 13.2 Å². The Morgan fingerprint density at radius 2 is 1.80 bits per heavy atom. The van der Waals surface area contributed by atoms with Crippen LogP contribution in [0.4, 0.5) is 0 Å². The fourth-order valence-corrected chi connectivity index (χ4v) is 5.15. The molecule has 30 heavy (non-hydrogen) atoms. The summed E-state index contributed by atoms with van der Waals surface area (Å²) in [5.41, 5.74) is 2.86. The topological polar surface area (TPSA) is 69.7 Å². The van der Waals surface area contributed by atoms with Crippen LogP contribution < -0.4 is 4.72 Å². The summed E-state index contributed by atoms with van der Waals surface area (Å²) in [6, 6.07) is 13.0. The van der Waals surface area contributed by atoms with E-state index in [2.05, 4.69) is 9.62 Å². The lowest BCUT2D eigenvalue weighted by molar-refractivity contribution is -0.132. The monoisotopic (exact) mass is 449 g/mol. The molecule has 1 saturated heterocycles. The minimum absolute atomic E-state index is 0.0271. The van der Waals surface area contributed by atoms with Crippen molar-refractivity contribution in [1.82, 2.24) is 14.5 Å². The first-order valence-electron chi connectivity index (χ1n) is 10.1. The van der Waals surface area contributed by atoms with Crippen molar-refractivity contribution in [2.45, 2.75) is 31.7 Å². The Kier molecular flexibility index (Phi) is 7.52. The van der Waals surface area contributed by atoms with Gasteiger partial charge in [-0.1, -0.05) is 41.4 Å². The standard InChI is InChI=1S/C22H28ClN3O3S/c1-17-6-7-21(18(2)14-17)30(28,29)24-9-8-22(27)26-12-10-25(11-13-26)16-19-4-3-5-20(23)15-19/h3-7,14-15,24H,8-13,16H2,1-2H3. The number of sulfonamides is 1. The third-order valence-corrected chi connectivity index (χ3v) is 7.13. The highest BCUT2D eigenvalue weighted by molar-refractivity contribution is 7.89. The summed E-state index contributed by atoms with van der Waals surface area (Å²) in [5, 5.41) is 0.726. The number of aryl methyl sites for hydroxylation is 2. The number of rotatable bonds is 7. The molecule has 2 aromatic rings. The highest BCUT2D eigenvalue weighted by atomic mass is 35.5. The Morgan fingerprint density at radius 1 is 1.07 bits per heavy atom. The lowest BCUT2D eigenvalue weighted by Gasteiger charge is -2.34. The molecule has 0 aliphatic carbocycles. The molecule has 0 aromatic heterocycles. The Hall–Kier alpha value is -1.93. The molecule has 0 spiro atoms. The van der Waals surface area contributed by atoms with E-state index < -0.39 is 10.0 Å². The Morgan fingerprint density at radius 3 is 2.47 bits per heavy atom. The molecule has 0 radical (unpaired) electrons. The summed E-state index contributed by atoms with van der Waals surface area (Å²) in [6.45, 7) is 7.45. The number of nitrogens with one attached hydrogen (secondary N) is 1. The number of hydrogen-bond donors (Lipinski definition) is 1. The molecule has 2 aromatic carbocycles. The molecular weight excluding hydrogens is 422 g/mol. The molecule has 0 saturated carbocycles. The lowest BCUT2D eigenvalue weighted by atomic mass is 10.2. The maximum Gasteiger partial charge on any atom is 0.240 e. The van der Waals surface area contributed by atoms with Crippen LogP contribution in [-0.2, 0) is 21.4 Å². The first-order chi connectivity index (χ1) is 14.2. The van der Waals surface area contributed by atoms with Gasteiger partial charge in [-0.15, -0.1) is 0 Å². The fourth-order valence-electron chi connectivity index (χ4n) is 3.68. The summed E-state index contributed by atoms with van der Waals surface area (Å²) in [7, 11) is -3.62. The van der Waals surface area contributed by atoms with Gasteiger partial charge in [0, 0.05) is 50.7 Å². The first kappa shape index (κ1) is 22.7. The number of halogens is 1. The summed E-state index contributed by atoms with van der Waals surface area (Å²) in [5.74, 6) is -0.0271. The molecule has 6 nitrogen and oxygen atoms in total. The molecule has 0 bridgehead atoms. The van der Waals surface area contributed by atoms with Crippen LogP contribution in [0, 0.1) is 13.8 Å². The third-order valence-electron chi connectivity index (χ3n) is 5.27. The quantitative estimate of drug-likeness (QED) is 0.705. The van der Waals surface area contributed by atoms with Gasteiger partial charge >= 0.3 is 0 Å². The first-order valence-corrected chi connectivity index (χ1v) is 11.9. The average molecular weight is 450 g/mol. The molecule has 162 valence electrons. The summed E-state index contributed by atoms with van der Waals surface area (Å²) in [4.78, 5) is 16.9. The SMILES string of the molecule is Cc1ccc(S(=O)(=O)NCCC(=O)N2CCN(Cc3cccc(Cl)c3)CC2)c(C)c1. The Labute approximate surface area is 183 Å². The fraction of sp³-hybridized carbons (Fsp3) is 0.409. The zero-order valence-electron chi connectivity index (χ0n) is 17.4. The molecule has 1 N–H and O–H groups in total. The molecule has 0 atom stereocenters. The molecule has 1 aliphatic heterocycles. The van der Waals surface area contributed by atoms with Gasteiger partial charge in [-0.3, -0.25) is 9.69 Å². The van der Waals surface area contributed by atoms with Crippen LogP contribution in [0.25, 0.3) is 0 Å². The zero-order valence-corrected chi connectivity index (χ0v) is 19.0. The molecule has 0 unspecified atom stereocenters. The van der Waals surface area contributed by atoms with E-state index in [0.717, 1.165) is 35.8 Å². The van der Waals surface area contributed by atoms with E-state index in [1.54, 1.807) is 24.0 Å². The smallest absolute Gasteiger partial charge is 0.240 e. The minimum atomic E-state index is -3.62. The average Bonchev–Trinajstić information content (AvgIpc) is 2.68. The van der Waals surface area contributed by atoms with E-state index in [1.165, 1.54) is 0 Å². The van der Waals surface area contributed by atoms with Gasteiger partial charge in [0.2, 0.25) is 15.9 Å². The van der Waals surface area contributed by atoms with Gasteiger partial charge in [-0.25, -0.2) is 13.1 Å². The van der Waals surface area contributed by atoms with Crippen molar-refractivity contribution in [3.8, 4) is 0 Å². The molecular formula is C22H28ClN3O3S. The number of benzene rings is 2. The lowest BCUT2D eigenvalue weighted by Crippen LogP contribution is -2.48. The predicted octanol–water partition coefficient (Wildman–Crippen LogP) is 2.97. The number of carbonyl (C=O) groups excluding carboxylic acids is 1. The van der Waals surface area contributed by atoms with Crippen LogP contribution >= 0.6 is 11.6 Å². The van der Waals surface area contributed by atoms with Crippen LogP contribution in [0.5, 0.6) is 0 Å². The maximum absolute atomic E-state index is 12.5. The van der Waals surface area contributed by atoms with Gasteiger partial charge in [0.15, 0.2) is 0 Å².